The van der Waals surface area contributed by atoms with Gasteiger partial charge >= 0.3 is 0 Å². The average molecular weight is 249 g/mol. The van der Waals surface area contributed by atoms with Crippen LogP contribution in [-0.2, 0) is 12.8 Å². The van der Waals surface area contributed by atoms with Crippen LogP contribution in [0.5, 0.6) is 5.75 Å². The quantitative estimate of drug-likeness (QED) is 0.371. The Morgan fingerprint density at radius 1 is 1.33 bits per heavy atom. The first-order valence-corrected chi connectivity index (χ1v) is 6.04. The summed E-state index contributed by atoms with van der Waals surface area (Å²) < 4.78 is 5.39. The number of ether oxygens (including phenoxy) is 1. The lowest BCUT2D eigenvalue weighted by atomic mass is 9.87. The highest BCUT2D eigenvalue weighted by Gasteiger charge is 2.15. The zero-order valence-corrected chi connectivity index (χ0v) is 11.7. The number of nitrogens with two attached hydrogens (primary N) is 2. The molecule has 0 radical (unpaired) electrons. The van der Waals surface area contributed by atoms with Gasteiger partial charge in [0.15, 0.2) is 0 Å². The first-order valence-electron chi connectivity index (χ1n) is 6.04. The molecule has 0 heterocycles. The van der Waals surface area contributed by atoms with Crippen molar-refractivity contribution in [1.29, 1.82) is 0 Å². The zero-order chi connectivity index (χ0) is 13.8. The Bertz CT molecular complexity index is 433. The number of hydrazone groups is 1. The van der Waals surface area contributed by atoms with E-state index in [-0.39, 0.29) is 5.41 Å². The molecule has 4 heteroatoms. The lowest BCUT2D eigenvalue weighted by Crippen LogP contribution is -2.17. The summed E-state index contributed by atoms with van der Waals surface area (Å²) in [4.78, 5) is 0. The molecule has 0 saturated carbocycles. The van der Waals surface area contributed by atoms with Crippen molar-refractivity contribution >= 4 is 5.84 Å². The third kappa shape index (κ3) is 4.28. The van der Waals surface area contributed by atoms with E-state index in [4.69, 9.17) is 16.3 Å². The molecule has 0 aliphatic heterocycles. The van der Waals surface area contributed by atoms with Crippen molar-refractivity contribution in [2.75, 3.05) is 7.11 Å². The minimum absolute atomic E-state index is 0.208. The molecule has 0 aliphatic rings. The van der Waals surface area contributed by atoms with E-state index in [2.05, 4.69) is 31.9 Å². The maximum absolute atomic E-state index is 5.65. The summed E-state index contributed by atoms with van der Waals surface area (Å²) in [6.07, 6.45) is 1.52. The van der Waals surface area contributed by atoms with Gasteiger partial charge in [0.25, 0.3) is 0 Å². The van der Waals surface area contributed by atoms with Gasteiger partial charge in [0.1, 0.15) is 11.6 Å². The van der Waals surface area contributed by atoms with E-state index in [1.54, 1.807) is 7.11 Å². The topological polar surface area (TPSA) is 73.6 Å². The van der Waals surface area contributed by atoms with E-state index < -0.39 is 0 Å². The van der Waals surface area contributed by atoms with Crippen molar-refractivity contribution in [3.63, 3.8) is 0 Å². The van der Waals surface area contributed by atoms with Gasteiger partial charge < -0.3 is 16.3 Å². The van der Waals surface area contributed by atoms with Crippen LogP contribution in [0, 0.1) is 5.41 Å². The number of benzene rings is 1. The molecule has 0 spiro atoms. The monoisotopic (exact) mass is 249 g/mol. The zero-order valence-electron chi connectivity index (χ0n) is 11.7. The highest BCUT2D eigenvalue weighted by Crippen LogP contribution is 2.28. The van der Waals surface area contributed by atoms with E-state index in [0.29, 0.717) is 12.3 Å². The van der Waals surface area contributed by atoms with Gasteiger partial charge in [0, 0.05) is 6.42 Å². The number of amidine groups is 1. The predicted molar refractivity (Wildman–Crippen MR) is 75.7 cm³/mol. The molecule has 0 aliphatic carbocycles. The smallest absolute Gasteiger partial charge is 0.123 e. The molecular weight excluding hydrogens is 226 g/mol. The SMILES string of the molecule is COc1ccc(C/C(N)=N/N)cc1CC(C)(C)C. The van der Waals surface area contributed by atoms with Gasteiger partial charge in [-0.15, -0.1) is 0 Å². The summed E-state index contributed by atoms with van der Waals surface area (Å²) in [7, 11) is 1.69. The highest BCUT2D eigenvalue weighted by molar-refractivity contribution is 5.82. The van der Waals surface area contributed by atoms with Gasteiger partial charge in [-0.2, -0.15) is 5.10 Å². The van der Waals surface area contributed by atoms with Crippen molar-refractivity contribution in [1.82, 2.24) is 0 Å². The number of methoxy groups -OCH3 is 1. The first-order chi connectivity index (χ1) is 8.35. The fraction of sp³-hybridized carbons (Fsp3) is 0.500. The molecule has 1 aromatic carbocycles. The van der Waals surface area contributed by atoms with E-state index in [9.17, 15) is 0 Å². The maximum Gasteiger partial charge on any atom is 0.123 e. The van der Waals surface area contributed by atoms with Gasteiger partial charge in [-0.3, -0.25) is 0 Å². The van der Waals surface area contributed by atoms with Crippen molar-refractivity contribution < 1.29 is 4.74 Å². The van der Waals surface area contributed by atoms with Gasteiger partial charge in [-0.25, -0.2) is 0 Å². The van der Waals surface area contributed by atoms with Crippen LogP contribution >= 0.6 is 0 Å². The molecule has 0 atom stereocenters. The molecule has 0 aromatic heterocycles. The van der Waals surface area contributed by atoms with Gasteiger partial charge in [-0.1, -0.05) is 32.9 Å². The molecular formula is C14H23N3O. The van der Waals surface area contributed by atoms with Crippen LogP contribution in [0.15, 0.2) is 23.3 Å². The molecule has 0 unspecified atom stereocenters. The fourth-order valence-electron chi connectivity index (χ4n) is 1.91. The van der Waals surface area contributed by atoms with Crippen molar-refractivity contribution in [2.45, 2.75) is 33.6 Å². The Morgan fingerprint density at radius 2 is 2.00 bits per heavy atom. The fourth-order valence-corrected chi connectivity index (χ4v) is 1.91. The molecule has 0 bridgehead atoms. The minimum atomic E-state index is 0.208. The van der Waals surface area contributed by atoms with Crippen LogP contribution in [-0.4, -0.2) is 12.9 Å². The maximum atomic E-state index is 5.65. The van der Waals surface area contributed by atoms with E-state index >= 15 is 0 Å². The Kier molecular flexibility index (Phi) is 4.59. The summed E-state index contributed by atoms with van der Waals surface area (Å²) in [5.74, 6) is 6.50. The molecule has 100 valence electrons. The second kappa shape index (κ2) is 5.76. The summed E-state index contributed by atoms with van der Waals surface area (Å²) in [6, 6.07) is 6.07. The van der Waals surface area contributed by atoms with Crippen LogP contribution in [0.25, 0.3) is 0 Å². The third-order valence-corrected chi connectivity index (χ3v) is 2.62. The van der Waals surface area contributed by atoms with Crippen molar-refractivity contribution in [3.8, 4) is 5.75 Å². The van der Waals surface area contributed by atoms with E-state index in [0.717, 1.165) is 17.7 Å². The standard InChI is InChI=1S/C14H23N3O/c1-14(2,3)9-11-7-10(8-13(15)17-16)5-6-12(11)18-4/h5-7H,8-9,16H2,1-4H3,(H2,15,17). The van der Waals surface area contributed by atoms with Crippen LogP contribution in [0.3, 0.4) is 0 Å². The lowest BCUT2D eigenvalue weighted by Gasteiger charge is -2.20. The second-order valence-corrected chi connectivity index (χ2v) is 5.68. The van der Waals surface area contributed by atoms with Gasteiger partial charge in [-0.05, 0) is 29.0 Å². The number of rotatable bonds is 4. The van der Waals surface area contributed by atoms with Gasteiger partial charge in [0.2, 0.25) is 0 Å². The van der Waals surface area contributed by atoms with E-state index in [1.807, 2.05) is 12.1 Å². The Balaban J connectivity index is 3.02. The molecule has 0 amide bonds. The summed E-state index contributed by atoms with van der Waals surface area (Å²) in [5.41, 5.74) is 8.14. The van der Waals surface area contributed by atoms with Crippen LogP contribution in [0.2, 0.25) is 0 Å². The molecule has 4 nitrogen and oxygen atoms in total. The van der Waals surface area contributed by atoms with Crippen LogP contribution in [0.1, 0.15) is 31.9 Å². The molecule has 1 aromatic rings. The number of hydrogen-bond donors (Lipinski definition) is 2. The third-order valence-electron chi connectivity index (χ3n) is 2.62. The molecule has 0 fully saturated rings. The normalized spacial score (nSPS) is 12.6. The molecule has 1 rings (SSSR count). The average Bonchev–Trinajstić information content (AvgIpc) is 2.27. The summed E-state index contributed by atoms with van der Waals surface area (Å²) in [5, 5.41) is 3.49. The van der Waals surface area contributed by atoms with Crippen LogP contribution in [0.4, 0.5) is 0 Å². The summed E-state index contributed by atoms with van der Waals surface area (Å²) in [6.45, 7) is 6.61. The largest absolute Gasteiger partial charge is 0.496 e. The lowest BCUT2D eigenvalue weighted by molar-refractivity contribution is 0.378. The Morgan fingerprint density at radius 3 is 2.50 bits per heavy atom. The number of nitrogens with zero attached hydrogens (tertiary/aromatic N) is 1. The Labute approximate surface area is 109 Å². The molecule has 4 N–H and O–H groups in total. The predicted octanol–water partition coefficient (Wildman–Crippen LogP) is 2.06. The highest BCUT2D eigenvalue weighted by atomic mass is 16.5. The molecule has 0 saturated heterocycles. The number of hydrogen-bond acceptors (Lipinski definition) is 3. The first kappa shape index (κ1) is 14.4. The van der Waals surface area contributed by atoms with Crippen LogP contribution < -0.4 is 16.3 Å². The van der Waals surface area contributed by atoms with Crippen molar-refractivity contribution in [2.24, 2.45) is 22.1 Å². The van der Waals surface area contributed by atoms with Gasteiger partial charge in [0.05, 0.1) is 7.11 Å². The molecule has 18 heavy (non-hydrogen) atoms. The second-order valence-electron chi connectivity index (χ2n) is 5.68. The van der Waals surface area contributed by atoms with E-state index in [1.165, 1.54) is 5.56 Å². The van der Waals surface area contributed by atoms with Crippen molar-refractivity contribution in [3.05, 3.63) is 29.3 Å². The Hall–Kier alpha value is -1.71. The minimum Gasteiger partial charge on any atom is -0.496 e. The summed E-state index contributed by atoms with van der Waals surface area (Å²) >= 11 is 0.